The summed E-state index contributed by atoms with van der Waals surface area (Å²) in [6.45, 7) is 3.68. The summed E-state index contributed by atoms with van der Waals surface area (Å²) in [4.78, 5) is 40.3. The van der Waals surface area contributed by atoms with Crippen LogP contribution in [0.25, 0.3) is 0 Å². The highest BCUT2D eigenvalue weighted by molar-refractivity contribution is 6.12. The van der Waals surface area contributed by atoms with Crippen LogP contribution < -0.4 is 14.8 Å². The Bertz CT molecular complexity index is 1110. The fraction of sp³-hybridized carbons (Fsp3) is 0.536. The zero-order chi connectivity index (χ0) is 26.0. The van der Waals surface area contributed by atoms with E-state index in [-0.39, 0.29) is 17.8 Å². The maximum absolute atomic E-state index is 13.9. The first-order chi connectivity index (χ1) is 17.3. The van der Waals surface area contributed by atoms with Gasteiger partial charge in [0.25, 0.3) is 0 Å². The molecule has 0 radical (unpaired) electrons. The molecule has 8 heteroatoms. The Hall–Kier alpha value is -3.29. The normalized spacial score (nSPS) is 24.6. The Morgan fingerprint density at radius 1 is 1.03 bits per heavy atom. The molecule has 1 fully saturated rings. The van der Waals surface area contributed by atoms with Gasteiger partial charge in [-0.05, 0) is 51.0 Å². The lowest BCUT2D eigenvalue weighted by atomic mass is 9.69. The third-order valence-electron chi connectivity index (χ3n) is 7.53. The van der Waals surface area contributed by atoms with Gasteiger partial charge in [-0.3, -0.25) is 9.59 Å². The molecule has 3 atom stereocenters. The van der Waals surface area contributed by atoms with Crippen molar-refractivity contribution in [1.29, 1.82) is 0 Å². The Balaban J connectivity index is 1.86. The predicted molar refractivity (Wildman–Crippen MR) is 132 cm³/mol. The molecule has 1 aromatic rings. The van der Waals surface area contributed by atoms with Gasteiger partial charge >= 0.3 is 11.9 Å². The van der Waals surface area contributed by atoms with E-state index < -0.39 is 23.8 Å². The quantitative estimate of drug-likeness (QED) is 0.461. The fourth-order valence-electron chi connectivity index (χ4n) is 5.80. The van der Waals surface area contributed by atoms with E-state index in [0.717, 1.165) is 32.1 Å². The minimum absolute atomic E-state index is 0.153. The van der Waals surface area contributed by atoms with Gasteiger partial charge < -0.3 is 24.3 Å². The van der Waals surface area contributed by atoms with E-state index in [1.165, 1.54) is 21.3 Å². The molecule has 0 saturated heterocycles. The van der Waals surface area contributed by atoms with Gasteiger partial charge in [-0.25, -0.2) is 4.79 Å². The van der Waals surface area contributed by atoms with Gasteiger partial charge in [0.1, 0.15) is 12.0 Å². The van der Waals surface area contributed by atoms with Crippen molar-refractivity contribution < 1.29 is 33.3 Å². The third kappa shape index (κ3) is 4.61. The highest BCUT2D eigenvalue weighted by Crippen LogP contribution is 2.49. The van der Waals surface area contributed by atoms with Crippen LogP contribution in [0.5, 0.6) is 11.5 Å². The average Bonchev–Trinajstić information content (AvgIpc) is 2.87. The van der Waals surface area contributed by atoms with Crippen molar-refractivity contribution in [2.75, 3.05) is 21.3 Å². The molecule has 194 valence electrons. The van der Waals surface area contributed by atoms with Crippen molar-refractivity contribution in [2.24, 2.45) is 11.8 Å². The molecule has 36 heavy (non-hydrogen) atoms. The molecule has 0 spiro atoms. The number of ketones is 1. The topological polar surface area (TPSA) is 100 Å². The van der Waals surface area contributed by atoms with Crippen molar-refractivity contribution in [3.05, 3.63) is 46.3 Å². The van der Waals surface area contributed by atoms with Crippen LogP contribution in [0.2, 0.25) is 0 Å². The lowest BCUT2D eigenvalue weighted by molar-refractivity contribution is -0.151. The maximum atomic E-state index is 13.9. The van der Waals surface area contributed by atoms with Gasteiger partial charge in [-0.15, -0.1) is 0 Å². The zero-order valence-electron chi connectivity index (χ0n) is 21.6. The summed E-state index contributed by atoms with van der Waals surface area (Å²) in [5.41, 5.74) is 2.65. The van der Waals surface area contributed by atoms with E-state index in [1.807, 2.05) is 19.9 Å². The first kappa shape index (κ1) is 25.8. The number of hydrogen-bond acceptors (Lipinski definition) is 8. The van der Waals surface area contributed by atoms with Crippen molar-refractivity contribution in [3.8, 4) is 11.5 Å². The molecule has 4 rings (SSSR count). The highest BCUT2D eigenvalue weighted by atomic mass is 16.5. The standard InChI is InChI=1S/C28H35NO7/c1-15-14-19-24(25(30)21(15)27(31)35-5)23(18-12-9-13-20(33-3)26(18)34-4)22(16(2)29-19)28(32)36-17-10-7-6-8-11-17/h9,12-13,15,17,21,23,29H,6-8,10-11,14H2,1-5H3/t15-,21+,23-/m1/s1. The predicted octanol–water partition coefficient (Wildman–Crippen LogP) is 4.19. The second kappa shape index (κ2) is 10.8. The number of esters is 2. The monoisotopic (exact) mass is 497 g/mol. The van der Waals surface area contributed by atoms with Crippen molar-refractivity contribution in [1.82, 2.24) is 5.32 Å². The Morgan fingerprint density at radius 2 is 1.75 bits per heavy atom. The van der Waals surface area contributed by atoms with E-state index >= 15 is 0 Å². The Labute approximate surface area is 212 Å². The molecule has 1 heterocycles. The van der Waals surface area contributed by atoms with Crippen molar-refractivity contribution in [2.45, 2.75) is 64.4 Å². The Morgan fingerprint density at radius 3 is 2.39 bits per heavy atom. The van der Waals surface area contributed by atoms with Crippen molar-refractivity contribution >= 4 is 17.7 Å². The SMILES string of the molecule is COC(=O)[C@@H]1C(=O)C2=C(C[C@H]1C)NC(C)=C(C(=O)OC1CCCCC1)[C@H]2c1cccc(OC)c1OC. The van der Waals surface area contributed by atoms with E-state index in [4.69, 9.17) is 18.9 Å². The number of allylic oxidation sites excluding steroid dienone is 3. The Kier molecular flexibility index (Phi) is 7.71. The van der Waals surface area contributed by atoms with Crippen LogP contribution >= 0.6 is 0 Å². The number of Topliss-reactive ketones (excluding diaryl/α,β-unsaturated/α-hetero) is 1. The van der Waals surface area contributed by atoms with E-state index in [0.29, 0.717) is 46.0 Å². The summed E-state index contributed by atoms with van der Waals surface area (Å²) < 4.78 is 22.2. The van der Waals surface area contributed by atoms with Crippen LogP contribution in [0.3, 0.4) is 0 Å². The second-order valence-corrected chi connectivity index (χ2v) is 9.78. The summed E-state index contributed by atoms with van der Waals surface area (Å²) in [5.74, 6) is -2.48. The number of carbonyl (C=O) groups excluding carboxylic acids is 3. The van der Waals surface area contributed by atoms with Gasteiger partial charge in [0.15, 0.2) is 17.3 Å². The summed E-state index contributed by atoms with van der Waals surface area (Å²) in [7, 11) is 4.34. The molecular weight excluding hydrogens is 462 g/mol. The van der Waals surface area contributed by atoms with Crippen LogP contribution in [0.15, 0.2) is 40.7 Å². The van der Waals surface area contributed by atoms with Crippen molar-refractivity contribution in [3.63, 3.8) is 0 Å². The number of dihydropyridines is 1. The average molecular weight is 498 g/mol. The largest absolute Gasteiger partial charge is 0.493 e. The van der Waals surface area contributed by atoms with Gasteiger partial charge in [0.05, 0.1) is 32.8 Å². The molecule has 0 unspecified atom stereocenters. The minimum atomic E-state index is -0.955. The minimum Gasteiger partial charge on any atom is -0.493 e. The van der Waals surface area contributed by atoms with E-state index in [1.54, 1.807) is 12.1 Å². The molecule has 1 saturated carbocycles. The molecular formula is C28H35NO7. The van der Waals surface area contributed by atoms with E-state index in [2.05, 4.69) is 5.32 Å². The number of carbonyl (C=O) groups is 3. The third-order valence-corrected chi connectivity index (χ3v) is 7.53. The van der Waals surface area contributed by atoms with Crippen LogP contribution in [0, 0.1) is 11.8 Å². The lowest BCUT2D eigenvalue weighted by Crippen LogP contribution is -2.43. The van der Waals surface area contributed by atoms with Crippen LogP contribution in [-0.2, 0) is 23.9 Å². The number of methoxy groups -OCH3 is 3. The van der Waals surface area contributed by atoms with Gasteiger partial charge in [0.2, 0.25) is 0 Å². The van der Waals surface area contributed by atoms with Gasteiger partial charge in [-0.1, -0.05) is 25.5 Å². The van der Waals surface area contributed by atoms with Crippen LogP contribution in [0.1, 0.15) is 63.9 Å². The maximum Gasteiger partial charge on any atom is 0.337 e. The molecule has 2 aliphatic carbocycles. The van der Waals surface area contributed by atoms with Gasteiger partial charge in [-0.2, -0.15) is 0 Å². The van der Waals surface area contributed by atoms with E-state index in [9.17, 15) is 14.4 Å². The fourth-order valence-corrected chi connectivity index (χ4v) is 5.80. The molecule has 3 aliphatic rings. The first-order valence-electron chi connectivity index (χ1n) is 12.6. The van der Waals surface area contributed by atoms with Gasteiger partial charge in [0, 0.05) is 22.5 Å². The summed E-state index contributed by atoms with van der Waals surface area (Å²) in [6.07, 6.45) is 5.15. The number of hydrogen-bond donors (Lipinski definition) is 1. The molecule has 0 aromatic heterocycles. The van der Waals surface area contributed by atoms with Crippen LogP contribution in [-0.4, -0.2) is 45.2 Å². The first-order valence-corrected chi connectivity index (χ1v) is 12.6. The number of para-hydroxylation sites is 1. The molecule has 1 aromatic carbocycles. The number of nitrogens with one attached hydrogen (secondary N) is 1. The smallest absolute Gasteiger partial charge is 0.337 e. The molecule has 1 aliphatic heterocycles. The number of ether oxygens (including phenoxy) is 4. The molecule has 8 nitrogen and oxygen atoms in total. The highest BCUT2D eigenvalue weighted by Gasteiger charge is 2.48. The number of rotatable bonds is 6. The summed E-state index contributed by atoms with van der Waals surface area (Å²) >= 11 is 0. The molecule has 0 amide bonds. The molecule has 1 N–H and O–H groups in total. The second-order valence-electron chi connectivity index (χ2n) is 9.78. The van der Waals surface area contributed by atoms with Crippen LogP contribution in [0.4, 0.5) is 0 Å². The zero-order valence-corrected chi connectivity index (χ0v) is 21.6. The molecule has 0 bridgehead atoms. The lowest BCUT2D eigenvalue weighted by Gasteiger charge is -2.39. The summed E-state index contributed by atoms with van der Waals surface area (Å²) in [6, 6.07) is 5.38. The summed E-state index contributed by atoms with van der Waals surface area (Å²) in [5, 5.41) is 3.30. The number of benzene rings is 1.